The molecule has 4 aromatic carbocycles. The number of aromatic nitrogens is 2. The number of nitrogens with one attached hydrogen (secondary N) is 1. The Labute approximate surface area is 257 Å². The summed E-state index contributed by atoms with van der Waals surface area (Å²) in [6, 6.07) is 27.3. The van der Waals surface area contributed by atoms with E-state index in [4.69, 9.17) is 9.84 Å². The second-order valence-electron chi connectivity index (χ2n) is 10.3. The van der Waals surface area contributed by atoms with Gasteiger partial charge < -0.3 is 10.1 Å². The van der Waals surface area contributed by atoms with Gasteiger partial charge in [-0.2, -0.15) is 5.10 Å². The maximum atomic E-state index is 15.4. The lowest BCUT2D eigenvalue weighted by Crippen LogP contribution is -2.40. The minimum absolute atomic E-state index is 0.0508. The molecule has 0 aliphatic carbocycles. The van der Waals surface area contributed by atoms with E-state index in [1.165, 1.54) is 28.8 Å². The second-order valence-corrected chi connectivity index (χ2v) is 11.4. The molecule has 0 spiro atoms. The van der Waals surface area contributed by atoms with E-state index in [1.807, 2.05) is 49.4 Å². The van der Waals surface area contributed by atoms with Crippen molar-refractivity contribution in [3.05, 3.63) is 125 Å². The standard InChI is InChI=1S/C34H28F2N4O3S/c1-21-8-11-24(12-9-21)37-29(41)19-39-30(42)20-44-33(27-17-10-23(35)18-28(27)36)31-32(22-6-4-3-5-7-22)38-40(34(31)39)25-13-15-26(43-2)16-14-25/h3-18,33H,19-20H2,1-2H3,(H,37,41). The van der Waals surface area contributed by atoms with Crippen LogP contribution >= 0.6 is 11.8 Å². The molecule has 1 N–H and O–H groups in total. The fourth-order valence-corrected chi connectivity index (χ4v) is 6.39. The van der Waals surface area contributed by atoms with Gasteiger partial charge in [-0.15, -0.1) is 11.8 Å². The third kappa shape index (κ3) is 5.80. The number of carbonyl (C=O) groups is 2. The highest BCUT2D eigenvalue weighted by atomic mass is 32.2. The van der Waals surface area contributed by atoms with E-state index in [-0.39, 0.29) is 23.8 Å². The average molecular weight is 611 g/mol. The van der Waals surface area contributed by atoms with Crippen LogP contribution in [-0.2, 0) is 9.59 Å². The molecular weight excluding hydrogens is 582 g/mol. The van der Waals surface area contributed by atoms with Gasteiger partial charge in [0.05, 0.1) is 29.5 Å². The first kappa shape index (κ1) is 29.1. The van der Waals surface area contributed by atoms with E-state index < -0.39 is 22.8 Å². The van der Waals surface area contributed by atoms with Gasteiger partial charge in [-0.3, -0.25) is 14.5 Å². The van der Waals surface area contributed by atoms with Crippen molar-refractivity contribution in [2.24, 2.45) is 0 Å². The Balaban J connectivity index is 1.56. The molecule has 5 aromatic rings. The summed E-state index contributed by atoms with van der Waals surface area (Å²) in [7, 11) is 1.56. The van der Waals surface area contributed by atoms with Crippen molar-refractivity contribution in [1.82, 2.24) is 9.78 Å². The number of benzene rings is 4. The quantitative estimate of drug-likeness (QED) is 0.216. The Morgan fingerprint density at radius 3 is 2.41 bits per heavy atom. The van der Waals surface area contributed by atoms with E-state index in [0.29, 0.717) is 34.2 Å². The molecule has 222 valence electrons. The smallest absolute Gasteiger partial charge is 0.244 e. The summed E-state index contributed by atoms with van der Waals surface area (Å²) in [4.78, 5) is 28.7. The topological polar surface area (TPSA) is 76.5 Å². The number of amides is 2. The van der Waals surface area contributed by atoms with Gasteiger partial charge in [0.2, 0.25) is 11.8 Å². The van der Waals surface area contributed by atoms with Gasteiger partial charge in [0.1, 0.15) is 29.7 Å². The van der Waals surface area contributed by atoms with Crippen LogP contribution in [-0.4, -0.2) is 41.0 Å². The average Bonchev–Trinajstić information content (AvgIpc) is 3.36. The first-order valence-electron chi connectivity index (χ1n) is 13.9. The molecule has 1 aliphatic rings. The largest absolute Gasteiger partial charge is 0.497 e. The fraction of sp³-hybridized carbons (Fsp3) is 0.147. The van der Waals surface area contributed by atoms with Crippen molar-refractivity contribution >= 4 is 35.1 Å². The van der Waals surface area contributed by atoms with Crippen LogP contribution in [0.1, 0.15) is 21.9 Å². The van der Waals surface area contributed by atoms with Crippen molar-refractivity contribution in [3.8, 4) is 22.7 Å². The van der Waals surface area contributed by atoms with Crippen LogP contribution in [0.15, 0.2) is 97.1 Å². The van der Waals surface area contributed by atoms with Crippen LogP contribution in [0.3, 0.4) is 0 Å². The van der Waals surface area contributed by atoms with Crippen LogP contribution in [0.2, 0.25) is 0 Å². The number of ether oxygens (including phenoxy) is 1. The molecule has 0 bridgehead atoms. The molecule has 2 amide bonds. The molecule has 0 saturated heterocycles. The summed E-state index contributed by atoms with van der Waals surface area (Å²) >= 11 is 1.21. The zero-order valence-electron chi connectivity index (χ0n) is 24.0. The summed E-state index contributed by atoms with van der Waals surface area (Å²) in [6.45, 7) is 1.64. The molecule has 1 unspecified atom stereocenters. The maximum absolute atomic E-state index is 15.4. The van der Waals surface area contributed by atoms with Crippen LogP contribution in [0, 0.1) is 18.6 Å². The van der Waals surface area contributed by atoms with Gasteiger partial charge in [-0.25, -0.2) is 13.5 Å². The molecular formula is C34H28F2N4O3S. The van der Waals surface area contributed by atoms with Crippen LogP contribution in [0.25, 0.3) is 16.9 Å². The molecule has 0 fully saturated rings. The third-order valence-corrected chi connectivity index (χ3v) is 8.57. The van der Waals surface area contributed by atoms with Crippen molar-refractivity contribution in [1.29, 1.82) is 0 Å². The number of nitrogens with zero attached hydrogens (tertiary/aromatic N) is 3. The van der Waals surface area contributed by atoms with Gasteiger partial charge in [-0.05, 0) is 49.4 Å². The molecule has 1 aliphatic heterocycles. The van der Waals surface area contributed by atoms with Gasteiger partial charge in [0, 0.05) is 28.4 Å². The summed E-state index contributed by atoms with van der Waals surface area (Å²) < 4.78 is 36.4. The van der Waals surface area contributed by atoms with Gasteiger partial charge in [0.15, 0.2) is 0 Å². The number of thioether (sulfide) groups is 1. The van der Waals surface area contributed by atoms with Gasteiger partial charge >= 0.3 is 0 Å². The van der Waals surface area contributed by atoms with Crippen molar-refractivity contribution in [3.63, 3.8) is 0 Å². The predicted octanol–water partition coefficient (Wildman–Crippen LogP) is 6.94. The number of aryl methyl sites for hydroxylation is 1. The first-order valence-corrected chi connectivity index (χ1v) is 14.9. The molecule has 6 rings (SSSR count). The molecule has 44 heavy (non-hydrogen) atoms. The molecule has 0 saturated carbocycles. The molecule has 10 heteroatoms. The van der Waals surface area contributed by atoms with E-state index in [0.717, 1.165) is 17.2 Å². The maximum Gasteiger partial charge on any atom is 0.244 e. The van der Waals surface area contributed by atoms with Gasteiger partial charge in [-0.1, -0.05) is 54.1 Å². The number of hydrogen-bond acceptors (Lipinski definition) is 5. The second kappa shape index (κ2) is 12.3. The molecule has 2 heterocycles. The number of methoxy groups -OCH3 is 1. The van der Waals surface area contributed by atoms with Crippen LogP contribution in [0.5, 0.6) is 5.75 Å². The Kier molecular flexibility index (Phi) is 8.17. The predicted molar refractivity (Wildman–Crippen MR) is 168 cm³/mol. The minimum Gasteiger partial charge on any atom is -0.497 e. The lowest BCUT2D eigenvalue weighted by atomic mass is 9.99. The molecule has 1 atom stereocenters. The summed E-state index contributed by atoms with van der Waals surface area (Å²) in [6.07, 6.45) is 0. The summed E-state index contributed by atoms with van der Waals surface area (Å²) in [5, 5.41) is 7.12. The number of carbonyl (C=O) groups excluding carboxylic acids is 2. The zero-order chi connectivity index (χ0) is 30.8. The van der Waals surface area contributed by atoms with Crippen molar-refractivity contribution < 1.29 is 23.1 Å². The number of fused-ring (bicyclic) bond motifs is 1. The fourth-order valence-electron chi connectivity index (χ4n) is 5.17. The highest BCUT2D eigenvalue weighted by Crippen LogP contribution is 2.49. The SMILES string of the molecule is COc1ccc(-n2nc(-c3ccccc3)c3c2N(CC(=O)Nc2ccc(C)cc2)C(=O)CSC3c2ccc(F)cc2F)cc1. The minimum atomic E-state index is -0.734. The number of rotatable bonds is 7. The molecule has 1 aromatic heterocycles. The molecule has 0 radical (unpaired) electrons. The summed E-state index contributed by atoms with van der Waals surface area (Å²) in [5.74, 6) is -1.29. The van der Waals surface area contributed by atoms with Gasteiger partial charge in [0.25, 0.3) is 0 Å². The Hall–Kier alpha value is -4.96. The lowest BCUT2D eigenvalue weighted by molar-refractivity contribution is -0.120. The van der Waals surface area contributed by atoms with E-state index in [2.05, 4.69) is 5.32 Å². The zero-order valence-corrected chi connectivity index (χ0v) is 24.8. The Morgan fingerprint density at radius 1 is 1.00 bits per heavy atom. The van der Waals surface area contributed by atoms with Crippen LogP contribution < -0.4 is 15.0 Å². The number of halogens is 2. The highest BCUT2D eigenvalue weighted by molar-refractivity contribution is 8.00. The van der Waals surface area contributed by atoms with E-state index >= 15 is 4.39 Å². The van der Waals surface area contributed by atoms with Crippen molar-refractivity contribution in [2.45, 2.75) is 12.2 Å². The Bertz CT molecular complexity index is 1830. The van der Waals surface area contributed by atoms with Crippen molar-refractivity contribution in [2.75, 3.05) is 29.6 Å². The Morgan fingerprint density at radius 2 is 1.73 bits per heavy atom. The summed E-state index contributed by atoms with van der Waals surface area (Å²) in [5.41, 5.74) is 4.24. The highest BCUT2D eigenvalue weighted by Gasteiger charge is 2.38. The van der Waals surface area contributed by atoms with E-state index in [1.54, 1.807) is 48.2 Å². The number of anilines is 2. The normalized spacial score (nSPS) is 14.6. The van der Waals surface area contributed by atoms with E-state index in [9.17, 15) is 14.0 Å². The monoisotopic (exact) mass is 610 g/mol. The lowest BCUT2D eigenvalue weighted by Gasteiger charge is -2.23. The third-order valence-electron chi connectivity index (χ3n) is 7.34. The first-order chi connectivity index (χ1) is 21.3. The number of hydrogen-bond donors (Lipinski definition) is 1. The van der Waals surface area contributed by atoms with Crippen LogP contribution in [0.4, 0.5) is 20.3 Å². The molecule has 7 nitrogen and oxygen atoms in total.